The van der Waals surface area contributed by atoms with Gasteiger partial charge >= 0.3 is 0 Å². The Morgan fingerprint density at radius 1 is 1.37 bits per heavy atom. The summed E-state index contributed by atoms with van der Waals surface area (Å²) in [4.78, 5) is 33.8. The van der Waals surface area contributed by atoms with E-state index in [2.05, 4.69) is 0 Å². The summed E-state index contributed by atoms with van der Waals surface area (Å²) in [5.74, 6) is 0.932. The molecule has 0 fully saturated rings. The molecule has 0 aromatic carbocycles. The van der Waals surface area contributed by atoms with E-state index in [1.165, 1.54) is 28.6 Å². The number of hydrogen-bond acceptors (Lipinski definition) is 6. The van der Waals surface area contributed by atoms with Crippen LogP contribution < -0.4 is 5.56 Å². The van der Waals surface area contributed by atoms with Crippen molar-refractivity contribution in [1.82, 2.24) is 14.5 Å². The number of hydrogen-bond donors (Lipinski definition) is 0. The topological polar surface area (TPSA) is 68.3 Å². The second kappa shape index (κ2) is 7.52. The van der Waals surface area contributed by atoms with Gasteiger partial charge in [0.2, 0.25) is 5.91 Å². The Balaban J connectivity index is 1.81. The zero-order valence-electron chi connectivity index (χ0n) is 15.4. The minimum absolute atomic E-state index is 0.00984. The molecule has 1 aliphatic rings. The molecule has 0 atom stereocenters. The molecule has 1 aliphatic carbocycles. The number of carbonyl (C=O) groups excluding carboxylic acids is 1. The Hall–Kier alpha value is -2.06. The van der Waals surface area contributed by atoms with Gasteiger partial charge in [-0.2, -0.15) is 0 Å². The van der Waals surface area contributed by atoms with Gasteiger partial charge in [0.1, 0.15) is 10.6 Å². The fourth-order valence-corrected chi connectivity index (χ4v) is 5.56. The van der Waals surface area contributed by atoms with E-state index in [4.69, 9.17) is 9.40 Å². The van der Waals surface area contributed by atoms with Gasteiger partial charge in [-0.15, -0.1) is 11.3 Å². The highest BCUT2D eigenvalue weighted by molar-refractivity contribution is 7.99. The summed E-state index contributed by atoms with van der Waals surface area (Å²) in [5.41, 5.74) is 1.14. The van der Waals surface area contributed by atoms with E-state index in [9.17, 15) is 9.59 Å². The molecule has 0 spiro atoms. The molecule has 3 aromatic rings. The number of aromatic nitrogens is 2. The van der Waals surface area contributed by atoms with Gasteiger partial charge in [0, 0.05) is 19.0 Å². The van der Waals surface area contributed by atoms with Gasteiger partial charge in [-0.05, 0) is 43.4 Å². The quantitative estimate of drug-likeness (QED) is 0.484. The number of thioether (sulfide) groups is 1. The third kappa shape index (κ3) is 3.55. The predicted molar refractivity (Wildman–Crippen MR) is 108 cm³/mol. The SMILES string of the molecule is CN(C)C(=O)CSc1nc2sc3c(c2c(=O)n1Cc1ccco1)CCCC3. The van der Waals surface area contributed by atoms with Crippen molar-refractivity contribution in [1.29, 1.82) is 0 Å². The molecule has 27 heavy (non-hydrogen) atoms. The smallest absolute Gasteiger partial charge is 0.263 e. The number of amides is 1. The maximum Gasteiger partial charge on any atom is 0.263 e. The lowest BCUT2D eigenvalue weighted by molar-refractivity contribution is -0.125. The van der Waals surface area contributed by atoms with Gasteiger partial charge in [0.15, 0.2) is 5.16 Å². The molecular formula is C19H21N3O3S2. The van der Waals surface area contributed by atoms with Crippen molar-refractivity contribution < 1.29 is 9.21 Å². The summed E-state index contributed by atoms with van der Waals surface area (Å²) in [6.45, 7) is 0.317. The zero-order chi connectivity index (χ0) is 19.0. The maximum atomic E-state index is 13.4. The largest absolute Gasteiger partial charge is 0.467 e. The first kappa shape index (κ1) is 18.3. The van der Waals surface area contributed by atoms with Crippen LogP contribution in [-0.4, -0.2) is 40.2 Å². The number of aryl methyl sites for hydroxylation is 2. The first-order valence-electron chi connectivity index (χ1n) is 8.95. The number of rotatable bonds is 5. The Labute approximate surface area is 165 Å². The molecule has 0 aliphatic heterocycles. The summed E-state index contributed by atoms with van der Waals surface area (Å²) in [6.07, 6.45) is 5.85. The highest BCUT2D eigenvalue weighted by Gasteiger charge is 2.23. The molecule has 0 radical (unpaired) electrons. The molecule has 142 valence electrons. The molecule has 1 amide bonds. The van der Waals surface area contributed by atoms with Crippen LogP contribution >= 0.6 is 23.1 Å². The average molecular weight is 404 g/mol. The summed E-state index contributed by atoms with van der Waals surface area (Å²) in [5, 5.41) is 1.32. The first-order chi connectivity index (χ1) is 13.0. The van der Waals surface area contributed by atoms with Gasteiger partial charge in [0.05, 0.1) is 23.9 Å². The monoisotopic (exact) mass is 403 g/mol. The van der Waals surface area contributed by atoms with Crippen LogP contribution in [0.5, 0.6) is 0 Å². The molecule has 0 saturated heterocycles. The minimum Gasteiger partial charge on any atom is -0.467 e. The predicted octanol–water partition coefficient (Wildman–Crippen LogP) is 3.16. The van der Waals surface area contributed by atoms with E-state index < -0.39 is 0 Å². The number of carbonyl (C=O) groups is 1. The van der Waals surface area contributed by atoms with Crippen LogP contribution in [0.15, 0.2) is 32.8 Å². The zero-order valence-corrected chi connectivity index (χ0v) is 17.0. The summed E-state index contributed by atoms with van der Waals surface area (Å²) >= 11 is 2.93. The normalized spacial score (nSPS) is 13.7. The van der Waals surface area contributed by atoms with E-state index in [0.717, 1.165) is 29.5 Å². The van der Waals surface area contributed by atoms with Crippen LogP contribution in [0.25, 0.3) is 10.2 Å². The van der Waals surface area contributed by atoms with E-state index in [1.807, 2.05) is 6.07 Å². The van der Waals surface area contributed by atoms with Crippen LogP contribution in [0.2, 0.25) is 0 Å². The molecule has 0 saturated carbocycles. The van der Waals surface area contributed by atoms with E-state index in [1.54, 1.807) is 47.2 Å². The van der Waals surface area contributed by atoms with Crippen LogP contribution in [0.4, 0.5) is 0 Å². The molecule has 8 heteroatoms. The number of fused-ring (bicyclic) bond motifs is 3. The molecule has 0 bridgehead atoms. The molecule has 3 aromatic heterocycles. The number of thiophene rings is 1. The Morgan fingerprint density at radius 2 is 2.19 bits per heavy atom. The summed E-state index contributed by atoms with van der Waals surface area (Å²) < 4.78 is 7.10. The van der Waals surface area contributed by atoms with Gasteiger partial charge < -0.3 is 9.32 Å². The Kier molecular flexibility index (Phi) is 5.10. The lowest BCUT2D eigenvalue weighted by atomic mass is 9.97. The molecule has 6 nitrogen and oxygen atoms in total. The van der Waals surface area contributed by atoms with Gasteiger partial charge in [-0.1, -0.05) is 11.8 Å². The van der Waals surface area contributed by atoms with Crippen molar-refractivity contribution in [2.75, 3.05) is 19.8 Å². The van der Waals surface area contributed by atoms with Gasteiger partial charge in [-0.25, -0.2) is 4.98 Å². The first-order valence-corrected chi connectivity index (χ1v) is 10.7. The molecular weight excluding hydrogens is 382 g/mol. The standard InChI is InChI=1S/C19H21N3O3S2/c1-21(2)15(23)11-26-19-20-17-16(13-7-3-4-8-14(13)27-17)18(24)22(19)10-12-6-5-9-25-12/h5-6,9H,3-4,7-8,10-11H2,1-2H3. The fraction of sp³-hybridized carbons (Fsp3) is 0.421. The Bertz CT molecular complexity index is 1030. The van der Waals surface area contributed by atoms with Crippen LogP contribution in [0, 0.1) is 0 Å². The van der Waals surface area contributed by atoms with Crippen LogP contribution in [0.3, 0.4) is 0 Å². The van der Waals surface area contributed by atoms with Crippen molar-refractivity contribution in [2.24, 2.45) is 0 Å². The molecule has 0 N–H and O–H groups in total. The van der Waals surface area contributed by atoms with Crippen molar-refractivity contribution in [3.63, 3.8) is 0 Å². The number of furan rings is 1. The minimum atomic E-state index is -0.0318. The molecule has 4 rings (SSSR count). The third-order valence-corrected chi connectivity index (χ3v) is 6.90. The number of nitrogens with zero attached hydrogens (tertiary/aromatic N) is 3. The average Bonchev–Trinajstić information content (AvgIpc) is 3.29. The lowest BCUT2D eigenvalue weighted by Gasteiger charge is -2.14. The molecule has 3 heterocycles. The third-order valence-electron chi connectivity index (χ3n) is 4.76. The Morgan fingerprint density at radius 3 is 2.93 bits per heavy atom. The van der Waals surface area contributed by atoms with Crippen LogP contribution in [0.1, 0.15) is 29.0 Å². The summed E-state index contributed by atoms with van der Waals surface area (Å²) in [6, 6.07) is 3.65. The van der Waals surface area contributed by atoms with Crippen LogP contribution in [-0.2, 0) is 24.2 Å². The van der Waals surface area contributed by atoms with E-state index >= 15 is 0 Å². The molecule has 0 unspecified atom stereocenters. The highest BCUT2D eigenvalue weighted by atomic mass is 32.2. The van der Waals surface area contributed by atoms with E-state index in [-0.39, 0.29) is 17.2 Å². The van der Waals surface area contributed by atoms with Crippen molar-refractivity contribution >= 4 is 39.2 Å². The van der Waals surface area contributed by atoms with Crippen molar-refractivity contribution in [2.45, 2.75) is 37.4 Å². The second-order valence-electron chi connectivity index (χ2n) is 6.83. The maximum absolute atomic E-state index is 13.4. The van der Waals surface area contributed by atoms with Gasteiger partial charge in [0.25, 0.3) is 5.56 Å². The summed E-state index contributed by atoms with van der Waals surface area (Å²) in [7, 11) is 3.45. The van der Waals surface area contributed by atoms with Gasteiger partial charge in [-0.3, -0.25) is 14.2 Å². The fourth-order valence-electron chi connectivity index (χ4n) is 3.28. The van der Waals surface area contributed by atoms with Crippen molar-refractivity contribution in [3.05, 3.63) is 45.0 Å². The second-order valence-corrected chi connectivity index (χ2v) is 8.86. The lowest BCUT2D eigenvalue weighted by Crippen LogP contribution is -2.26. The highest BCUT2D eigenvalue weighted by Crippen LogP contribution is 2.34. The van der Waals surface area contributed by atoms with Crippen molar-refractivity contribution in [3.8, 4) is 0 Å². The van der Waals surface area contributed by atoms with E-state index in [0.29, 0.717) is 17.5 Å².